The van der Waals surface area contributed by atoms with Crippen molar-refractivity contribution in [2.45, 2.75) is 72.9 Å². The van der Waals surface area contributed by atoms with Gasteiger partial charge in [0, 0.05) is 24.5 Å². The topological polar surface area (TPSA) is 101 Å². The Balaban J connectivity index is 2.71. The van der Waals surface area contributed by atoms with E-state index in [1.165, 1.54) is 0 Å². The highest BCUT2D eigenvalue weighted by molar-refractivity contribution is 5.79. The molecule has 1 aromatic heterocycles. The molecule has 3 N–H and O–H groups in total. The largest absolute Gasteiger partial charge is 0.450 e. The molecule has 0 aromatic carbocycles. The summed E-state index contributed by atoms with van der Waals surface area (Å²) < 4.78 is 10.8. The molecule has 160 valence electrons. The standard InChI is InChI=1S/C20H37N5O3/c1-8-21-18(24-13-17-22-12-16(28-17)20(5,6)7)23-11-15(10-14(3)4)25-19(26)27-9-2/h12,14-15H,8-11,13H2,1-7H3,(H,25,26)(H2,21,23,24). The van der Waals surface area contributed by atoms with Crippen LogP contribution in [0.1, 0.15) is 66.5 Å². The Labute approximate surface area is 168 Å². The predicted octanol–water partition coefficient (Wildman–Crippen LogP) is 3.19. The fourth-order valence-electron chi connectivity index (χ4n) is 2.54. The van der Waals surface area contributed by atoms with Crippen molar-refractivity contribution in [3.05, 3.63) is 17.8 Å². The molecule has 1 heterocycles. The second-order valence-electron chi connectivity index (χ2n) is 8.14. The van der Waals surface area contributed by atoms with E-state index in [2.05, 4.69) is 60.5 Å². The summed E-state index contributed by atoms with van der Waals surface area (Å²) in [6, 6.07) is -0.0582. The lowest BCUT2D eigenvalue weighted by molar-refractivity contribution is 0.146. The predicted molar refractivity (Wildman–Crippen MR) is 111 cm³/mol. The number of hydrogen-bond acceptors (Lipinski definition) is 5. The molecule has 1 rings (SSSR count). The lowest BCUT2D eigenvalue weighted by atomic mass is 9.94. The number of oxazole rings is 1. The summed E-state index contributed by atoms with van der Waals surface area (Å²) in [4.78, 5) is 20.6. The first-order valence-corrected chi connectivity index (χ1v) is 10.1. The number of aromatic nitrogens is 1. The fraction of sp³-hybridized carbons (Fsp3) is 0.750. The molecule has 0 aliphatic carbocycles. The Kier molecular flexibility index (Phi) is 9.82. The van der Waals surface area contributed by atoms with Gasteiger partial charge in [-0.2, -0.15) is 0 Å². The normalized spacial score (nSPS) is 13.4. The minimum Gasteiger partial charge on any atom is -0.450 e. The van der Waals surface area contributed by atoms with E-state index in [4.69, 9.17) is 9.15 Å². The van der Waals surface area contributed by atoms with Crippen molar-refractivity contribution >= 4 is 12.1 Å². The van der Waals surface area contributed by atoms with Gasteiger partial charge in [-0.3, -0.25) is 0 Å². The first-order chi connectivity index (χ1) is 13.2. The number of nitrogens with zero attached hydrogens (tertiary/aromatic N) is 2. The third-order valence-corrected chi connectivity index (χ3v) is 3.88. The molecule has 0 radical (unpaired) electrons. The number of amides is 1. The quantitative estimate of drug-likeness (QED) is 0.438. The van der Waals surface area contributed by atoms with Gasteiger partial charge in [0.15, 0.2) is 5.96 Å². The van der Waals surface area contributed by atoms with E-state index in [1.54, 1.807) is 13.1 Å². The Morgan fingerprint density at radius 2 is 2.00 bits per heavy atom. The molecule has 8 nitrogen and oxygen atoms in total. The first-order valence-electron chi connectivity index (χ1n) is 10.1. The number of carbonyl (C=O) groups excluding carboxylic acids is 1. The van der Waals surface area contributed by atoms with Crippen LogP contribution in [0.4, 0.5) is 4.79 Å². The lowest BCUT2D eigenvalue weighted by Gasteiger charge is -2.22. The van der Waals surface area contributed by atoms with Crippen LogP contribution in [0, 0.1) is 5.92 Å². The van der Waals surface area contributed by atoms with E-state index in [0.717, 1.165) is 18.7 Å². The van der Waals surface area contributed by atoms with Gasteiger partial charge in [-0.25, -0.2) is 14.8 Å². The Morgan fingerprint density at radius 3 is 2.54 bits per heavy atom. The number of ether oxygens (including phenoxy) is 1. The van der Waals surface area contributed by atoms with Crippen molar-refractivity contribution in [2.75, 3.05) is 19.7 Å². The van der Waals surface area contributed by atoms with Crippen LogP contribution in [0.2, 0.25) is 0 Å². The molecule has 0 aliphatic rings. The van der Waals surface area contributed by atoms with Gasteiger partial charge in [0.2, 0.25) is 5.89 Å². The molecule has 0 saturated carbocycles. The summed E-state index contributed by atoms with van der Waals surface area (Å²) in [5.74, 6) is 2.51. The van der Waals surface area contributed by atoms with Gasteiger partial charge in [-0.15, -0.1) is 0 Å². The van der Waals surface area contributed by atoms with Crippen molar-refractivity contribution in [1.29, 1.82) is 0 Å². The van der Waals surface area contributed by atoms with E-state index >= 15 is 0 Å². The van der Waals surface area contributed by atoms with Crippen LogP contribution < -0.4 is 16.0 Å². The SMILES string of the molecule is CCNC(=NCc1ncc(C(C)(C)C)o1)NCC(CC(C)C)NC(=O)OCC. The third kappa shape index (κ3) is 9.10. The second-order valence-corrected chi connectivity index (χ2v) is 8.14. The summed E-state index contributed by atoms with van der Waals surface area (Å²) in [7, 11) is 0. The van der Waals surface area contributed by atoms with E-state index in [9.17, 15) is 4.79 Å². The van der Waals surface area contributed by atoms with Crippen LogP contribution in [0.3, 0.4) is 0 Å². The van der Waals surface area contributed by atoms with Crippen LogP contribution in [-0.4, -0.2) is 42.8 Å². The molecule has 0 saturated heterocycles. The Morgan fingerprint density at radius 1 is 1.29 bits per heavy atom. The van der Waals surface area contributed by atoms with Crippen molar-refractivity contribution in [2.24, 2.45) is 10.9 Å². The molecule has 28 heavy (non-hydrogen) atoms. The minimum atomic E-state index is -0.397. The maximum Gasteiger partial charge on any atom is 0.407 e. The monoisotopic (exact) mass is 395 g/mol. The van der Waals surface area contributed by atoms with Crippen LogP contribution >= 0.6 is 0 Å². The van der Waals surface area contributed by atoms with E-state index in [0.29, 0.717) is 37.5 Å². The van der Waals surface area contributed by atoms with E-state index in [-0.39, 0.29) is 11.5 Å². The van der Waals surface area contributed by atoms with E-state index in [1.807, 2.05) is 6.92 Å². The van der Waals surface area contributed by atoms with Crippen molar-refractivity contribution < 1.29 is 13.9 Å². The van der Waals surface area contributed by atoms with Gasteiger partial charge < -0.3 is 25.1 Å². The molecule has 0 bridgehead atoms. The van der Waals surface area contributed by atoms with Crippen molar-refractivity contribution in [1.82, 2.24) is 20.9 Å². The number of aliphatic imine (C=N–C) groups is 1. The van der Waals surface area contributed by atoms with Crippen LogP contribution in [0.15, 0.2) is 15.6 Å². The molecule has 0 spiro atoms. The number of alkyl carbamates (subject to hydrolysis) is 1. The van der Waals surface area contributed by atoms with Gasteiger partial charge in [0.25, 0.3) is 0 Å². The first kappa shape index (κ1) is 23.8. The summed E-state index contributed by atoms with van der Waals surface area (Å²) in [6.07, 6.45) is 2.19. The fourth-order valence-corrected chi connectivity index (χ4v) is 2.54. The van der Waals surface area contributed by atoms with Gasteiger partial charge >= 0.3 is 6.09 Å². The zero-order valence-electron chi connectivity index (χ0n) is 18.4. The highest BCUT2D eigenvalue weighted by Gasteiger charge is 2.19. The molecular weight excluding hydrogens is 358 g/mol. The maximum atomic E-state index is 11.8. The average molecular weight is 396 g/mol. The van der Waals surface area contributed by atoms with Gasteiger partial charge in [-0.1, -0.05) is 34.6 Å². The summed E-state index contributed by atoms with van der Waals surface area (Å²) in [5, 5.41) is 9.39. The van der Waals surface area contributed by atoms with Gasteiger partial charge in [-0.05, 0) is 26.2 Å². The number of hydrogen-bond donors (Lipinski definition) is 3. The lowest BCUT2D eigenvalue weighted by Crippen LogP contribution is -2.47. The zero-order valence-corrected chi connectivity index (χ0v) is 18.4. The molecule has 0 aliphatic heterocycles. The molecule has 1 aromatic rings. The second kappa shape index (κ2) is 11.6. The summed E-state index contributed by atoms with van der Waals surface area (Å²) >= 11 is 0. The number of nitrogens with one attached hydrogen (secondary N) is 3. The third-order valence-electron chi connectivity index (χ3n) is 3.88. The molecule has 1 unspecified atom stereocenters. The molecule has 1 amide bonds. The maximum absolute atomic E-state index is 11.8. The molecule has 8 heteroatoms. The van der Waals surface area contributed by atoms with Crippen LogP contribution in [-0.2, 0) is 16.7 Å². The number of rotatable bonds is 9. The summed E-state index contributed by atoms with van der Waals surface area (Å²) in [6.45, 7) is 16.2. The van der Waals surface area contributed by atoms with Gasteiger partial charge in [0.05, 0.1) is 12.8 Å². The molecular formula is C20H37N5O3. The van der Waals surface area contributed by atoms with Crippen LogP contribution in [0.25, 0.3) is 0 Å². The highest BCUT2D eigenvalue weighted by Crippen LogP contribution is 2.22. The smallest absolute Gasteiger partial charge is 0.407 e. The van der Waals surface area contributed by atoms with Crippen LogP contribution in [0.5, 0.6) is 0 Å². The molecule has 0 fully saturated rings. The highest BCUT2D eigenvalue weighted by atomic mass is 16.5. The zero-order chi connectivity index (χ0) is 21.2. The van der Waals surface area contributed by atoms with Gasteiger partial charge in [0.1, 0.15) is 12.3 Å². The summed E-state index contributed by atoms with van der Waals surface area (Å²) in [5.41, 5.74) is -0.0828. The number of carbonyl (C=O) groups is 1. The Bertz CT molecular complexity index is 620. The number of guanidine groups is 1. The van der Waals surface area contributed by atoms with Crippen molar-refractivity contribution in [3.63, 3.8) is 0 Å². The minimum absolute atomic E-state index is 0.0582. The molecule has 1 atom stereocenters. The average Bonchev–Trinajstić information content (AvgIpc) is 3.06. The van der Waals surface area contributed by atoms with Crippen molar-refractivity contribution in [3.8, 4) is 0 Å². The van der Waals surface area contributed by atoms with E-state index < -0.39 is 6.09 Å². The Hall–Kier alpha value is -2.25.